The van der Waals surface area contributed by atoms with Gasteiger partial charge in [-0.2, -0.15) is 8.78 Å². The number of carbonyl (C=O) groups is 2. The molecule has 3 rings (SSSR count). The van der Waals surface area contributed by atoms with Crippen molar-refractivity contribution in [3.8, 4) is 11.5 Å². The first-order valence-electron chi connectivity index (χ1n) is 7.60. The predicted octanol–water partition coefficient (Wildman–Crippen LogP) is 3.00. The molecule has 26 heavy (non-hydrogen) atoms. The van der Waals surface area contributed by atoms with Gasteiger partial charge in [-0.05, 0) is 24.3 Å². The van der Waals surface area contributed by atoms with E-state index >= 15 is 0 Å². The Hall–Kier alpha value is -3.16. The number of nitrogens with zero attached hydrogens (tertiary/aromatic N) is 1. The quantitative estimate of drug-likeness (QED) is 0.782. The number of hydrogen-bond acceptors (Lipinski definition) is 5. The molecule has 0 saturated carbocycles. The minimum atomic E-state index is -4.01. The molecule has 0 aromatic heterocycles. The first kappa shape index (κ1) is 17.7. The highest BCUT2D eigenvalue weighted by molar-refractivity contribution is 6.02. The molecule has 0 aliphatic carbocycles. The molecule has 0 spiro atoms. The van der Waals surface area contributed by atoms with E-state index in [2.05, 4.69) is 9.47 Å². The summed E-state index contributed by atoms with van der Waals surface area (Å²) in [6, 6.07) is 10.5. The van der Waals surface area contributed by atoms with Crippen LogP contribution < -0.4 is 14.4 Å². The van der Waals surface area contributed by atoms with E-state index in [1.165, 1.54) is 32.4 Å². The largest absolute Gasteiger partial charge is 0.496 e. The van der Waals surface area contributed by atoms with E-state index in [0.29, 0.717) is 11.3 Å². The number of halogens is 2. The maximum absolute atomic E-state index is 14.0. The number of para-hydroxylation sites is 1. The summed E-state index contributed by atoms with van der Waals surface area (Å²) >= 11 is 0. The van der Waals surface area contributed by atoms with Gasteiger partial charge in [-0.25, -0.2) is 4.79 Å². The molecule has 0 radical (unpaired) electrons. The lowest BCUT2D eigenvalue weighted by atomic mass is 10.1. The third kappa shape index (κ3) is 3.05. The van der Waals surface area contributed by atoms with Crippen LogP contribution in [0.15, 0.2) is 42.5 Å². The Bertz CT molecular complexity index is 868. The summed E-state index contributed by atoms with van der Waals surface area (Å²) in [6.07, 6.45) is -4.01. The molecule has 0 N–H and O–H groups in total. The minimum Gasteiger partial charge on any atom is -0.496 e. The average molecular weight is 363 g/mol. The molecular weight excluding hydrogens is 348 g/mol. The highest BCUT2D eigenvalue weighted by Gasteiger charge is 2.50. The molecular formula is C18H15F2NO5. The summed E-state index contributed by atoms with van der Waals surface area (Å²) in [4.78, 5) is 24.9. The molecule has 2 aromatic rings. The lowest BCUT2D eigenvalue weighted by Gasteiger charge is -2.34. The maximum atomic E-state index is 14.0. The van der Waals surface area contributed by atoms with Crippen molar-refractivity contribution in [2.45, 2.75) is 12.7 Å². The Morgan fingerprint density at radius 2 is 1.92 bits per heavy atom. The molecule has 6 nitrogen and oxygen atoms in total. The van der Waals surface area contributed by atoms with E-state index in [9.17, 15) is 18.4 Å². The number of benzene rings is 2. The molecule has 0 atom stereocenters. The van der Waals surface area contributed by atoms with E-state index in [0.717, 1.165) is 4.90 Å². The standard InChI is InChI=1S/C18H15F2NO5/c1-24-14-6-4-3-5-12(14)10-21-13-9-11(16(22)25-2)7-8-15(13)26-18(19,20)17(21)23/h3-9H,10H2,1-2H3. The number of hydrogen-bond donors (Lipinski definition) is 0. The Morgan fingerprint density at radius 1 is 1.19 bits per heavy atom. The van der Waals surface area contributed by atoms with Crippen LogP contribution in [0.4, 0.5) is 14.5 Å². The molecule has 0 fully saturated rings. The van der Waals surface area contributed by atoms with E-state index in [1.54, 1.807) is 24.3 Å². The van der Waals surface area contributed by atoms with Gasteiger partial charge in [-0.1, -0.05) is 18.2 Å². The number of anilines is 1. The number of methoxy groups -OCH3 is 2. The molecule has 136 valence electrons. The number of carbonyl (C=O) groups excluding carboxylic acids is 2. The molecule has 0 unspecified atom stereocenters. The third-order valence-electron chi connectivity index (χ3n) is 3.92. The number of amides is 1. The fourth-order valence-electron chi connectivity index (χ4n) is 2.67. The molecule has 2 aromatic carbocycles. The van der Waals surface area contributed by atoms with Crippen molar-refractivity contribution in [2.75, 3.05) is 19.1 Å². The Labute approximate surface area is 147 Å². The zero-order valence-corrected chi connectivity index (χ0v) is 14.0. The van der Waals surface area contributed by atoms with E-state index in [4.69, 9.17) is 4.74 Å². The van der Waals surface area contributed by atoms with Crippen LogP contribution in [0.1, 0.15) is 15.9 Å². The summed E-state index contributed by atoms with van der Waals surface area (Å²) < 4.78 is 42.4. The second-order valence-electron chi connectivity index (χ2n) is 5.50. The predicted molar refractivity (Wildman–Crippen MR) is 87.5 cm³/mol. The van der Waals surface area contributed by atoms with Gasteiger partial charge in [0.05, 0.1) is 32.0 Å². The van der Waals surface area contributed by atoms with E-state index in [-0.39, 0.29) is 23.5 Å². The van der Waals surface area contributed by atoms with Crippen LogP contribution in [0.2, 0.25) is 0 Å². The summed E-state index contributed by atoms with van der Waals surface area (Å²) in [5, 5.41) is 0. The second-order valence-corrected chi connectivity index (χ2v) is 5.50. The van der Waals surface area contributed by atoms with Crippen molar-refractivity contribution < 1.29 is 32.6 Å². The first-order valence-corrected chi connectivity index (χ1v) is 7.60. The Balaban J connectivity index is 2.08. The zero-order chi connectivity index (χ0) is 18.9. The number of esters is 1. The van der Waals surface area contributed by atoms with E-state index < -0.39 is 18.0 Å². The lowest BCUT2D eigenvalue weighted by molar-refractivity contribution is -0.193. The Kier molecular flexibility index (Phi) is 4.50. The van der Waals surface area contributed by atoms with Crippen LogP contribution in [-0.2, 0) is 16.1 Å². The smallest absolute Gasteiger partial charge is 0.482 e. The van der Waals surface area contributed by atoms with Crippen molar-refractivity contribution in [1.82, 2.24) is 0 Å². The van der Waals surface area contributed by atoms with Crippen LogP contribution in [0.25, 0.3) is 0 Å². The van der Waals surface area contributed by atoms with Gasteiger partial charge in [0.1, 0.15) is 5.75 Å². The van der Waals surface area contributed by atoms with Crippen LogP contribution in [0, 0.1) is 0 Å². The molecule has 1 aliphatic rings. The van der Waals surface area contributed by atoms with Gasteiger partial charge in [-0.3, -0.25) is 9.69 Å². The van der Waals surface area contributed by atoms with Crippen molar-refractivity contribution in [1.29, 1.82) is 0 Å². The molecule has 0 saturated heterocycles. The lowest BCUT2D eigenvalue weighted by Crippen LogP contribution is -2.50. The average Bonchev–Trinajstić information content (AvgIpc) is 2.64. The Morgan fingerprint density at radius 3 is 2.62 bits per heavy atom. The number of alkyl halides is 2. The van der Waals surface area contributed by atoms with Crippen LogP contribution in [-0.4, -0.2) is 32.2 Å². The summed E-state index contributed by atoms with van der Waals surface area (Å²) in [7, 11) is 2.64. The fraction of sp³-hybridized carbons (Fsp3) is 0.222. The number of ether oxygens (including phenoxy) is 3. The molecule has 8 heteroatoms. The maximum Gasteiger partial charge on any atom is 0.482 e. The van der Waals surface area contributed by atoms with Gasteiger partial charge in [0, 0.05) is 5.56 Å². The number of fused-ring (bicyclic) bond motifs is 1. The van der Waals surface area contributed by atoms with E-state index in [1.807, 2.05) is 0 Å². The first-order chi connectivity index (χ1) is 12.4. The zero-order valence-electron chi connectivity index (χ0n) is 14.0. The highest BCUT2D eigenvalue weighted by atomic mass is 19.3. The summed E-state index contributed by atoms with van der Waals surface area (Å²) in [6.45, 7) is -0.181. The second kappa shape index (κ2) is 6.62. The third-order valence-corrected chi connectivity index (χ3v) is 3.92. The van der Waals surface area contributed by atoms with Crippen LogP contribution in [0.3, 0.4) is 0 Å². The van der Waals surface area contributed by atoms with Gasteiger partial charge in [-0.15, -0.1) is 0 Å². The highest BCUT2D eigenvalue weighted by Crippen LogP contribution is 2.41. The number of rotatable bonds is 4. The van der Waals surface area contributed by atoms with Crippen molar-refractivity contribution in [3.63, 3.8) is 0 Å². The van der Waals surface area contributed by atoms with Gasteiger partial charge in [0.2, 0.25) is 0 Å². The molecule has 1 aliphatic heterocycles. The van der Waals surface area contributed by atoms with Gasteiger partial charge < -0.3 is 14.2 Å². The molecule has 1 amide bonds. The minimum absolute atomic E-state index is 0.0507. The van der Waals surface area contributed by atoms with Crippen molar-refractivity contribution in [3.05, 3.63) is 53.6 Å². The van der Waals surface area contributed by atoms with Gasteiger partial charge >= 0.3 is 18.0 Å². The van der Waals surface area contributed by atoms with Crippen LogP contribution in [0.5, 0.6) is 11.5 Å². The van der Waals surface area contributed by atoms with Crippen LogP contribution >= 0.6 is 0 Å². The molecule has 0 bridgehead atoms. The van der Waals surface area contributed by atoms with Crippen molar-refractivity contribution >= 4 is 17.6 Å². The van der Waals surface area contributed by atoms with Gasteiger partial charge in [0.25, 0.3) is 0 Å². The fourth-order valence-corrected chi connectivity index (χ4v) is 2.67. The monoisotopic (exact) mass is 363 g/mol. The summed E-state index contributed by atoms with van der Waals surface area (Å²) in [5.74, 6) is -1.95. The van der Waals surface area contributed by atoms with Crippen molar-refractivity contribution in [2.24, 2.45) is 0 Å². The molecule has 1 heterocycles. The topological polar surface area (TPSA) is 65.1 Å². The SMILES string of the molecule is COC(=O)c1ccc2c(c1)N(Cc1ccccc1OC)C(=O)C(F)(F)O2. The van der Waals surface area contributed by atoms with Gasteiger partial charge in [0.15, 0.2) is 5.75 Å². The summed E-state index contributed by atoms with van der Waals surface area (Å²) in [5.41, 5.74) is 0.683. The normalized spacial score (nSPS) is 15.1.